The summed E-state index contributed by atoms with van der Waals surface area (Å²) in [6.45, 7) is 7.07. The molecule has 0 radical (unpaired) electrons. The summed E-state index contributed by atoms with van der Waals surface area (Å²) < 4.78 is 6.88. The zero-order valence-electron chi connectivity index (χ0n) is 18.7. The molecule has 1 amide bonds. The summed E-state index contributed by atoms with van der Waals surface area (Å²) in [5, 5.41) is 34.8. The van der Waals surface area contributed by atoms with E-state index >= 15 is 0 Å². The van der Waals surface area contributed by atoms with Crippen LogP contribution in [0.5, 0.6) is 5.75 Å². The molecule has 10 heteroatoms. The van der Waals surface area contributed by atoms with Crippen LogP contribution in [-0.4, -0.2) is 48.8 Å². The van der Waals surface area contributed by atoms with Gasteiger partial charge in [-0.25, -0.2) is 14.7 Å². The van der Waals surface area contributed by atoms with Gasteiger partial charge in [-0.1, -0.05) is 23.5 Å². The molecule has 172 valence electrons. The van der Waals surface area contributed by atoms with Crippen LogP contribution in [0.4, 0.5) is 9.93 Å². The van der Waals surface area contributed by atoms with Gasteiger partial charge in [-0.2, -0.15) is 5.10 Å². The number of anilines is 1. The van der Waals surface area contributed by atoms with Crippen molar-refractivity contribution >= 4 is 22.6 Å². The van der Waals surface area contributed by atoms with Crippen LogP contribution >= 0.6 is 11.3 Å². The summed E-state index contributed by atoms with van der Waals surface area (Å²) >= 11 is 1.11. The molecule has 1 atom stereocenters. The average molecular weight is 461 g/mol. The molecule has 3 rings (SSSR count). The van der Waals surface area contributed by atoms with E-state index in [-0.39, 0.29) is 11.7 Å². The van der Waals surface area contributed by atoms with E-state index in [1.54, 1.807) is 45.7 Å². The normalized spacial score (nSPS) is 12.6. The standard InChI is InChI=1S/C22H28N4O5S/c1-13(28)18-16(11-25(24-18)10-14-6-8-15(31-5)9-7-14)19-17(12-27)32-20(23-19)26(21(29)30)22(2,3)4/h6-9,11,13,27-28H,10,12H2,1-5H3,(H,29,30). The van der Waals surface area contributed by atoms with Crippen LogP contribution in [-0.2, 0) is 13.2 Å². The fourth-order valence-corrected chi connectivity index (χ4v) is 4.45. The first kappa shape index (κ1) is 23.7. The Balaban J connectivity index is 2.04. The minimum absolute atomic E-state index is 0.253. The molecule has 3 N–H and O–H groups in total. The number of nitrogens with zero attached hydrogens (tertiary/aromatic N) is 4. The second-order valence-corrected chi connectivity index (χ2v) is 9.43. The maximum atomic E-state index is 11.9. The lowest BCUT2D eigenvalue weighted by Crippen LogP contribution is -2.45. The zero-order chi connectivity index (χ0) is 23.6. The number of aliphatic hydroxyl groups excluding tert-OH is 2. The molecule has 0 spiro atoms. The Hall–Kier alpha value is -2.95. The minimum atomic E-state index is -1.13. The highest BCUT2D eigenvalue weighted by Gasteiger charge is 2.32. The molecule has 32 heavy (non-hydrogen) atoms. The van der Waals surface area contributed by atoms with E-state index in [1.165, 1.54) is 4.90 Å². The number of hydrogen-bond donors (Lipinski definition) is 3. The molecule has 0 saturated carbocycles. The first-order valence-corrected chi connectivity index (χ1v) is 10.9. The average Bonchev–Trinajstić information content (AvgIpc) is 3.31. The Morgan fingerprint density at radius 3 is 2.44 bits per heavy atom. The van der Waals surface area contributed by atoms with Crippen LogP contribution in [0.3, 0.4) is 0 Å². The van der Waals surface area contributed by atoms with Crippen LogP contribution in [0.25, 0.3) is 11.3 Å². The highest BCUT2D eigenvalue weighted by atomic mass is 32.1. The van der Waals surface area contributed by atoms with Crippen molar-refractivity contribution in [3.05, 3.63) is 46.6 Å². The van der Waals surface area contributed by atoms with Gasteiger partial charge in [-0.15, -0.1) is 0 Å². The lowest BCUT2D eigenvalue weighted by Gasteiger charge is -2.30. The Morgan fingerprint density at radius 2 is 1.94 bits per heavy atom. The van der Waals surface area contributed by atoms with Crippen molar-refractivity contribution in [2.24, 2.45) is 0 Å². The molecular formula is C22H28N4O5S. The summed E-state index contributed by atoms with van der Waals surface area (Å²) in [7, 11) is 1.61. The molecule has 0 aliphatic carbocycles. The van der Waals surface area contributed by atoms with Gasteiger partial charge in [0.25, 0.3) is 0 Å². The number of aromatic nitrogens is 3. The molecular weight excluding hydrogens is 432 g/mol. The quantitative estimate of drug-likeness (QED) is 0.489. The van der Waals surface area contributed by atoms with Gasteiger partial charge in [0.2, 0.25) is 0 Å². The third-order valence-electron chi connectivity index (χ3n) is 4.83. The number of thiazole rings is 1. The molecule has 0 fully saturated rings. The molecule has 3 aromatic rings. The summed E-state index contributed by atoms with van der Waals surface area (Å²) in [4.78, 5) is 18.1. The van der Waals surface area contributed by atoms with E-state index < -0.39 is 17.7 Å². The van der Waals surface area contributed by atoms with Gasteiger partial charge < -0.3 is 20.1 Å². The van der Waals surface area contributed by atoms with Crippen LogP contribution in [0.2, 0.25) is 0 Å². The van der Waals surface area contributed by atoms with E-state index in [9.17, 15) is 20.1 Å². The smallest absolute Gasteiger partial charge is 0.414 e. The monoisotopic (exact) mass is 460 g/mol. The summed E-state index contributed by atoms with van der Waals surface area (Å²) in [6, 6.07) is 7.57. The fourth-order valence-electron chi connectivity index (χ4n) is 3.33. The SMILES string of the molecule is COc1ccc(Cn2cc(-c3nc(N(C(=O)O)C(C)(C)C)sc3CO)c(C(C)O)n2)cc1. The first-order chi connectivity index (χ1) is 15.0. The second-order valence-electron chi connectivity index (χ2n) is 8.36. The summed E-state index contributed by atoms with van der Waals surface area (Å²) in [5.41, 5.74) is 1.64. The Kier molecular flexibility index (Phi) is 6.87. The highest BCUT2D eigenvalue weighted by Crippen LogP contribution is 2.38. The largest absolute Gasteiger partial charge is 0.497 e. The van der Waals surface area contributed by atoms with Crippen LogP contribution in [0.15, 0.2) is 30.5 Å². The van der Waals surface area contributed by atoms with Crippen molar-refractivity contribution in [1.29, 1.82) is 0 Å². The fraction of sp³-hybridized carbons (Fsp3) is 0.409. The van der Waals surface area contributed by atoms with Gasteiger partial charge in [0.05, 0.1) is 36.9 Å². The van der Waals surface area contributed by atoms with Gasteiger partial charge in [0.15, 0.2) is 5.13 Å². The van der Waals surface area contributed by atoms with Crippen LogP contribution in [0.1, 0.15) is 49.9 Å². The first-order valence-electron chi connectivity index (χ1n) is 10.1. The van der Waals surface area contributed by atoms with Gasteiger partial charge in [0, 0.05) is 17.3 Å². The lowest BCUT2D eigenvalue weighted by molar-refractivity contribution is 0.193. The van der Waals surface area contributed by atoms with Gasteiger partial charge in [-0.05, 0) is 45.4 Å². The lowest BCUT2D eigenvalue weighted by atomic mass is 10.1. The molecule has 0 bridgehead atoms. The van der Waals surface area contributed by atoms with Gasteiger partial charge in [-0.3, -0.25) is 4.68 Å². The van der Waals surface area contributed by atoms with Gasteiger partial charge >= 0.3 is 6.09 Å². The molecule has 1 aromatic carbocycles. The molecule has 2 aromatic heterocycles. The predicted octanol–water partition coefficient (Wildman–Crippen LogP) is 3.89. The maximum absolute atomic E-state index is 11.9. The molecule has 0 aliphatic heterocycles. The number of benzene rings is 1. The number of methoxy groups -OCH3 is 1. The van der Waals surface area contributed by atoms with E-state index in [2.05, 4.69) is 10.1 Å². The van der Waals surface area contributed by atoms with Gasteiger partial charge in [0.1, 0.15) is 11.4 Å². The van der Waals surface area contributed by atoms with E-state index in [0.717, 1.165) is 22.6 Å². The van der Waals surface area contributed by atoms with Crippen molar-refractivity contribution < 1.29 is 24.9 Å². The molecule has 0 saturated heterocycles. The number of rotatable bonds is 7. The summed E-state index contributed by atoms with van der Waals surface area (Å²) in [6.07, 6.45) is -0.253. The maximum Gasteiger partial charge on any atom is 0.414 e. The van der Waals surface area contributed by atoms with E-state index in [1.807, 2.05) is 24.3 Å². The van der Waals surface area contributed by atoms with E-state index in [0.29, 0.717) is 28.4 Å². The van der Waals surface area contributed by atoms with Crippen molar-refractivity contribution in [3.63, 3.8) is 0 Å². The number of ether oxygens (including phenoxy) is 1. The third-order valence-corrected chi connectivity index (χ3v) is 5.85. The number of carbonyl (C=O) groups is 1. The number of carboxylic acid groups (broad SMARTS) is 1. The van der Waals surface area contributed by atoms with Crippen LogP contribution in [0, 0.1) is 0 Å². The molecule has 2 heterocycles. The number of hydrogen-bond acceptors (Lipinski definition) is 7. The van der Waals surface area contributed by atoms with Crippen LogP contribution < -0.4 is 9.64 Å². The molecule has 0 aliphatic rings. The highest BCUT2D eigenvalue weighted by molar-refractivity contribution is 7.16. The van der Waals surface area contributed by atoms with E-state index in [4.69, 9.17) is 4.74 Å². The third kappa shape index (κ3) is 4.93. The topological polar surface area (TPSA) is 121 Å². The minimum Gasteiger partial charge on any atom is -0.497 e. The van der Waals surface area contributed by atoms with Crippen molar-refractivity contribution in [1.82, 2.24) is 14.8 Å². The Labute approximate surface area is 190 Å². The predicted molar refractivity (Wildman–Crippen MR) is 122 cm³/mol. The Morgan fingerprint density at radius 1 is 1.28 bits per heavy atom. The number of aliphatic hydroxyl groups is 2. The van der Waals surface area contributed by atoms with Crippen molar-refractivity contribution in [3.8, 4) is 17.0 Å². The molecule has 1 unspecified atom stereocenters. The Bertz CT molecular complexity index is 1080. The summed E-state index contributed by atoms with van der Waals surface area (Å²) in [5.74, 6) is 0.754. The van der Waals surface area contributed by atoms with Crippen molar-refractivity contribution in [2.75, 3.05) is 12.0 Å². The number of amides is 1. The second kappa shape index (κ2) is 9.27. The van der Waals surface area contributed by atoms with Crippen molar-refractivity contribution in [2.45, 2.75) is 52.5 Å². The molecule has 9 nitrogen and oxygen atoms in total. The zero-order valence-corrected chi connectivity index (χ0v) is 19.6.